The number of nitrogens with one attached hydrogen (secondary N) is 3. The second-order valence-electron chi connectivity index (χ2n) is 10.0. The van der Waals surface area contributed by atoms with Gasteiger partial charge in [-0.15, -0.1) is 0 Å². The maximum atomic E-state index is 12.0. The van der Waals surface area contributed by atoms with Gasteiger partial charge in [0.2, 0.25) is 5.95 Å². The smallest absolute Gasteiger partial charge is 0.337 e. The third-order valence-corrected chi connectivity index (χ3v) is 8.06. The van der Waals surface area contributed by atoms with Crippen molar-refractivity contribution < 1.29 is 19.5 Å². The van der Waals surface area contributed by atoms with Gasteiger partial charge < -0.3 is 20.3 Å². The Morgan fingerprint density at radius 1 is 1.15 bits per heavy atom. The molecule has 6 rings (SSSR count). The number of hydrogen-bond acceptors (Lipinski definition) is 9. The van der Waals surface area contributed by atoms with Crippen molar-refractivity contribution in [3.8, 4) is 11.3 Å². The minimum Gasteiger partial charge on any atom is -0.478 e. The Kier molecular flexibility index (Phi) is 7.49. The monoisotopic (exact) mass is 569 g/mol. The number of carbonyl (C=O) groups excluding carboxylic acids is 2. The first-order valence-corrected chi connectivity index (χ1v) is 14.1. The zero-order valence-electron chi connectivity index (χ0n) is 22.0. The molecule has 2 saturated heterocycles. The van der Waals surface area contributed by atoms with Crippen LogP contribution in [0.2, 0.25) is 0 Å². The van der Waals surface area contributed by atoms with Gasteiger partial charge in [-0.1, -0.05) is 6.07 Å². The molecule has 1 aromatic carbocycles. The van der Waals surface area contributed by atoms with Crippen LogP contribution in [0.25, 0.3) is 28.2 Å². The number of rotatable bonds is 8. The molecule has 12 heteroatoms. The zero-order valence-corrected chi connectivity index (χ0v) is 22.8. The Bertz CT molecular complexity index is 1680. The second-order valence-corrected chi connectivity index (χ2v) is 11.0. The Hall–Kier alpha value is -4.55. The number of aromatic nitrogens is 4. The Morgan fingerprint density at radius 3 is 2.78 bits per heavy atom. The number of benzene rings is 1. The first kappa shape index (κ1) is 26.7. The van der Waals surface area contributed by atoms with E-state index >= 15 is 0 Å². The molecule has 4 aromatic rings. The van der Waals surface area contributed by atoms with Crippen molar-refractivity contribution in [2.75, 3.05) is 24.5 Å². The van der Waals surface area contributed by atoms with Crippen molar-refractivity contribution in [2.24, 2.45) is 5.92 Å². The standard InChI is InChI=1S/C29H27N7O4S/c37-26-24(41-29(40)35-26)13-21-4-8-32-28(34-21)36-9-5-17(6-10-36)14-30-15-18-11-22(27(38)39)25(33-16-18)20-1-2-23-19(12-20)3-7-31-23/h1-4,7-8,11-13,16-17,30-31H,5-6,9-10,14-15H2,(H,38,39)(H,35,37,40). The number of H-pyrrole nitrogens is 1. The van der Waals surface area contributed by atoms with Crippen LogP contribution >= 0.6 is 11.8 Å². The lowest BCUT2D eigenvalue weighted by Gasteiger charge is -2.32. The maximum absolute atomic E-state index is 12.0. The van der Waals surface area contributed by atoms with Gasteiger partial charge in [0.05, 0.1) is 21.9 Å². The third-order valence-electron chi connectivity index (χ3n) is 7.25. The molecule has 0 spiro atoms. The van der Waals surface area contributed by atoms with Gasteiger partial charge in [0, 0.05) is 54.7 Å². The highest BCUT2D eigenvalue weighted by atomic mass is 32.2. The van der Waals surface area contributed by atoms with Gasteiger partial charge >= 0.3 is 5.97 Å². The summed E-state index contributed by atoms with van der Waals surface area (Å²) in [6.07, 6.45) is 8.75. The largest absolute Gasteiger partial charge is 0.478 e. The topological polar surface area (TPSA) is 153 Å². The number of pyridine rings is 1. The Morgan fingerprint density at radius 2 is 2.00 bits per heavy atom. The fourth-order valence-corrected chi connectivity index (χ4v) is 5.77. The summed E-state index contributed by atoms with van der Waals surface area (Å²) >= 11 is 0.865. The van der Waals surface area contributed by atoms with Crippen LogP contribution in [0.15, 0.2) is 59.9 Å². The van der Waals surface area contributed by atoms with E-state index in [0.29, 0.717) is 34.7 Å². The number of nitrogens with zero attached hydrogens (tertiary/aromatic N) is 4. The highest BCUT2D eigenvalue weighted by Gasteiger charge is 2.26. The fourth-order valence-electron chi connectivity index (χ4n) is 5.11. The highest BCUT2D eigenvalue weighted by molar-refractivity contribution is 8.18. The molecule has 0 aliphatic carbocycles. The molecule has 41 heavy (non-hydrogen) atoms. The van der Waals surface area contributed by atoms with Gasteiger partial charge in [0.25, 0.3) is 11.1 Å². The second kappa shape index (κ2) is 11.5. The van der Waals surface area contributed by atoms with Gasteiger partial charge in [0.1, 0.15) is 0 Å². The highest BCUT2D eigenvalue weighted by Crippen LogP contribution is 2.27. The minimum absolute atomic E-state index is 0.184. The normalized spacial score (nSPS) is 17.0. The molecule has 11 nitrogen and oxygen atoms in total. The number of carboxylic acids is 1. The fraction of sp³-hybridized carbons (Fsp3) is 0.241. The third kappa shape index (κ3) is 5.98. The summed E-state index contributed by atoms with van der Waals surface area (Å²) in [6.45, 7) is 2.92. The molecule has 2 aliphatic heterocycles. The molecule has 0 unspecified atom stereocenters. The van der Waals surface area contributed by atoms with Crippen molar-refractivity contribution in [3.63, 3.8) is 0 Å². The van der Waals surface area contributed by atoms with E-state index in [9.17, 15) is 19.5 Å². The number of fused-ring (bicyclic) bond motifs is 1. The van der Waals surface area contributed by atoms with E-state index in [0.717, 1.165) is 66.3 Å². The molecule has 2 fully saturated rings. The molecule has 208 valence electrons. The van der Waals surface area contributed by atoms with Crippen LogP contribution < -0.4 is 15.5 Å². The quantitative estimate of drug-likeness (QED) is 0.229. The van der Waals surface area contributed by atoms with Crippen LogP contribution in [-0.4, -0.2) is 61.8 Å². The lowest BCUT2D eigenvalue weighted by atomic mass is 9.97. The van der Waals surface area contributed by atoms with E-state index in [2.05, 4.69) is 35.5 Å². The molecule has 0 saturated carbocycles. The lowest BCUT2D eigenvalue weighted by Crippen LogP contribution is -2.38. The van der Waals surface area contributed by atoms with Crippen molar-refractivity contribution in [2.45, 2.75) is 19.4 Å². The van der Waals surface area contributed by atoms with E-state index in [-0.39, 0.29) is 10.8 Å². The molecule has 5 heterocycles. The van der Waals surface area contributed by atoms with E-state index in [1.165, 1.54) is 0 Å². The van der Waals surface area contributed by atoms with Crippen LogP contribution in [0.4, 0.5) is 10.7 Å². The maximum Gasteiger partial charge on any atom is 0.337 e. The summed E-state index contributed by atoms with van der Waals surface area (Å²) < 4.78 is 0. The summed E-state index contributed by atoms with van der Waals surface area (Å²) in [4.78, 5) is 54.4. The average molecular weight is 570 g/mol. The molecule has 3 aromatic heterocycles. The lowest BCUT2D eigenvalue weighted by molar-refractivity contribution is -0.115. The van der Waals surface area contributed by atoms with Crippen molar-refractivity contribution in [1.82, 2.24) is 30.6 Å². The predicted octanol–water partition coefficient (Wildman–Crippen LogP) is 4.05. The SMILES string of the molecule is O=C1NC(=O)C(=Cc2ccnc(N3CCC(CNCc4cnc(-c5ccc6[nH]ccc6c5)c(C(=O)O)c4)CC3)n2)S1. The first-order valence-electron chi connectivity index (χ1n) is 13.3. The van der Waals surface area contributed by atoms with Gasteiger partial charge in [-0.05, 0) is 79.0 Å². The Balaban J connectivity index is 1.03. The Labute approximate surface area is 239 Å². The molecule has 0 bridgehead atoms. The van der Waals surface area contributed by atoms with E-state index < -0.39 is 11.9 Å². The molecule has 4 N–H and O–H groups in total. The van der Waals surface area contributed by atoms with Crippen molar-refractivity contribution in [1.29, 1.82) is 0 Å². The number of thioether (sulfide) groups is 1. The van der Waals surface area contributed by atoms with Gasteiger partial charge in [0.15, 0.2) is 0 Å². The van der Waals surface area contributed by atoms with Crippen LogP contribution in [0, 0.1) is 5.92 Å². The zero-order chi connectivity index (χ0) is 28.3. The number of carboxylic acid groups (broad SMARTS) is 1. The van der Waals surface area contributed by atoms with E-state index in [1.54, 1.807) is 30.6 Å². The summed E-state index contributed by atoms with van der Waals surface area (Å²) in [6, 6.07) is 11.1. The predicted molar refractivity (Wildman–Crippen MR) is 156 cm³/mol. The number of aromatic carboxylic acids is 1. The number of amides is 2. The summed E-state index contributed by atoms with van der Waals surface area (Å²) in [5.41, 5.74) is 3.80. The summed E-state index contributed by atoms with van der Waals surface area (Å²) in [5.74, 6) is -0.352. The van der Waals surface area contributed by atoms with Crippen LogP contribution in [-0.2, 0) is 11.3 Å². The van der Waals surface area contributed by atoms with Gasteiger partial charge in [-0.25, -0.2) is 14.8 Å². The van der Waals surface area contributed by atoms with Gasteiger partial charge in [-0.3, -0.25) is 19.9 Å². The summed E-state index contributed by atoms with van der Waals surface area (Å²) in [5, 5.41) is 16.2. The minimum atomic E-state index is -1.00. The number of imide groups is 1. The molecular weight excluding hydrogens is 542 g/mol. The van der Waals surface area contributed by atoms with Crippen molar-refractivity contribution in [3.05, 3.63) is 76.7 Å². The van der Waals surface area contributed by atoms with E-state index in [4.69, 9.17) is 0 Å². The molecule has 0 atom stereocenters. The molecule has 2 aliphatic rings. The number of hydrogen-bond donors (Lipinski definition) is 4. The van der Waals surface area contributed by atoms with Crippen molar-refractivity contribution >= 4 is 51.8 Å². The molecule has 0 radical (unpaired) electrons. The van der Waals surface area contributed by atoms with E-state index in [1.807, 2.05) is 30.5 Å². The van der Waals surface area contributed by atoms with Crippen LogP contribution in [0.3, 0.4) is 0 Å². The van der Waals surface area contributed by atoms with Crippen LogP contribution in [0.1, 0.15) is 34.5 Å². The molecular formula is C29H27N7O4S. The number of anilines is 1. The number of piperidine rings is 1. The number of aromatic amines is 1. The first-order chi connectivity index (χ1) is 19.9. The van der Waals surface area contributed by atoms with Crippen LogP contribution in [0.5, 0.6) is 0 Å². The molecule has 2 amide bonds. The summed E-state index contributed by atoms with van der Waals surface area (Å²) in [7, 11) is 0. The van der Waals surface area contributed by atoms with Gasteiger partial charge in [-0.2, -0.15) is 0 Å². The average Bonchev–Trinajstić information content (AvgIpc) is 3.58. The number of carbonyl (C=O) groups is 3.